The summed E-state index contributed by atoms with van der Waals surface area (Å²) in [4.78, 5) is 16.5. The normalized spacial score (nSPS) is 32.5. The minimum atomic E-state index is -0.145. The molecule has 19 heavy (non-hydrogen) atoms. The van der Waals surface area contributed by atoms with Crippen molar-refractivity contribution in [3.8, 4) is 0 Å². The van der Waals surface area contributed by atoms with E-state index in [1.807, 2.05) is 11.9 Å². The summed E-state index contributed by atoms with van der Waals surface area (Å²) in [5.74, 6) is 0.992. The van der Waals surface area contributed by atoms with Gasteiger partial charge in [0.1, 0.15) is 0 Å². The molecule has 1 aliphatic heterocycles. The number of aliphatic hydroxyl groups is 1. The van der Waals surface area contributed by atoms with Crippen LogP contribution in [-0.2, 0) is 4.79 Å². The zero-order valence-corrected chi connectivity index (χ0v) is 12.3. The largest absolute Gasteiger partial charge is 0.393 e. The molecule has 1 unspecified atom stereocenters. The maximum atomic E-state index is 12.2. The van der Waals surface area contributed by atoms with Gasteiger partial charge in [-0.3, -0.25) is 4.79 Å². The molecule has 2 rings (SSSR count). The Hall–Kier alpha value is -0.610. The lowest BCUT2D eigenvalue weighted by molar-refractivity contribution is -0.133. The van der Waals surface area contributed by atoms with E-state index in [0.29, 0.717) is 18.4 Å². The lowest BCUT2D eigenvalue weighted by Gasteiger charge is -2.33. The predicted molar refractivity (Wildman–Crippen MR) is 75.9 cm³/mol. The Labute approximate surface area is 116 Å². The van der Waals surface area contributed by atoms with Gasteiger partial charge in [-0.25, -0.2) is 0 Å². The van der Waals surface area contributed by atoms with Crippen molar-refractivity contribution in [3.63, 3.8) is 0 Å². The van der Waals surface area contributed by atoms with Gasteiger partial charge < -0.3 is 14.9 Å². The predicted octanol–water partition coefficient (Wildman–Crippen LogP) is 1.48. The molecular formula is C15H28N2O2. The molecule has 110 valence electrons. The van der Waals surface area contributed by atoms with Crippen molar-refractivity contribution in [1.29, 1.82) is 0 Å². The molecule has 1 saturated carbocycles. The summed E-state index contributed by atoms with van der Waals surface area (Å²) >= 11 is 0. The highest BCUT2D eigenvalue weighted by Crippen LogP contribution is 2.24. The molecule has 1 amide bonds. The number of hydrogen-bond acceptors (Lipinski definition) is 3. The van der Waals surface area contributed by atoms with E-state index in [2.05, 4.69) is 11.9 Å². The van der Waals surface area contributed by atoms with Gasteiger partial charge in [0, 0.05) is 26.1 Å². The second kappa shape index (κ2) is 6.71. The molecule has 4 nitrogen and oxygen atoms in total. The van der Waals surface area contributed by atoms with Gasteiger partial charge in [0.2, 0.25) is 5.91 Å². The van der Waals surface area contributed by atoms with E-state index >= 15 is 0 Å². The molecule has 2 fully saturated rings. The Morgan fingerprint density at radius 1 is 1.26 bits per heavy atom. The Kier molecular flexibility index (Phi) is 5.22. The second-order valence-corrected chi connectivity index (χ2v) is 6.42. The summed E-state index contributed by atoms with van der Waals surface area (Å²) in [6.07, 6.45) is 6.41. The van der Waals surface area contributed by atoms with Gasteiger partial charge in [0.05, 0.1) is 6.10 Å². The van der Waals surface area contributed by atoms with Crippen LogP contribution >= 0.6 is 0 Å². The summed E-state index contributed by atoms with van der Waals surface area (Å²) in [5, 5.41) is 9.51. The standard InChI is InChI=1S/C15H28N2O2/c1-16-10-9-12(11-16)3-8-15(19)17(2)13-4-6-14(18)7-5-13/h12-14,18H,3-11H2,1-2H3. The van der Waals surface area contributed by atoms with Crippen LogP contribution < -0.4 is 0 Å². The van der Waals surface area contributed by atoms with Crippen molar-refractivity contribution in [2.75, 3.05) is 27.2 Å². The molecule has 0 aromatic rings. The van der Waals surface area contributed by atoms with Gasteiger partial charge in [-0.1, -0.05) is 0 Å². The first-order valence-electron chi connectivity index (χ1n) is 7.68. The topological polar surface area (TPSA) is 43.8 Å². The van der Waals surface area contributed by atoms with Crippen LogP contribution in [0.15, 0.2) is 0 Å². The number of aliphatic hydroxyl groups excluding tert-OH is 1. The highest BCUT2D eigenvalue weighted by atomic mass is 16.3. The highest BCUT2D eigenvalue weighted by molar-refractivity contribution is 5.76. The molecule has 0 aromatic carbocycles. The van der Waals surface area contributed by atoms with Crippen LogP contribution in [0.4, 0.5) is 0 Å². The third-order valence-electron chi connectivity index (χ3n) is 4.86. The third kappa shape index (κ3) is 4.18. The molecule has 0 bridgehead atoms. The van der Waals surface area contributed by atoms with Crippen LogP contribution in [0.25, 0.3) is 0 Å². The quantitative estimate of drug-likeness (QED) is 0.840. The third-order valence-corrected chi connectivity index (χ3v) is 4.86. The lowest BCUT2D eigenvalue weighted by Crippen LogP contribution is -2.40. The van der Waals surface area contributed by atoms with Crippen LogP contribution in [0, 0.1) is 5.92 Å². The molecule has 1 N–H and O–H groups in total. The van der Waals surface area contributed by atoms with Gasteiger partial charge in [0.15, 0.2) is 0 Å². The van der Waals surface area contributed by atoms with Crippen LogP contribution in [0.1, 0.15) is 44.9 Å². The van der Waals surface area contributed by atoms with E-state index in [1.54, 1.807) is 0 Å². The van der Waals surface area contributed by atoms with Crippen molar-refractivity contribution in [3.05, 3.63) is 0 Å². The van der Waals surface area contributed by atoms with Crippen molar-refractivity contribution in [2.24, 2.45) is 5.92 Å². The number of carbonyl (C=O) groups excluding carboxylic acids is 1. The molecule has 1 saturated heterocycles. The number of rotatable bonds is 4. The van der Waals surface area contributed by atoms with E-state index in [0.717, 1.165) is 38.6 Å². The van der Waals surface area contributed by atoms with Crippen LogP contribution in [0.5, 0.6) is 0 Å². The zero-order chi connectivity index (χ0) is 13.8. The fourth-order valence-corrected chi connectivity index (χ4v) is 3.42. The van der Waals surface area contributed by atoms with Gasteiger partial charge in [0.25, 0.3) is 0 Å². The Balaban J connectivity index is 1.70. The van der Waals surface area contributed by atoms with Crippen molar-refractivity contribution in [2.45, 2.75) is 57.1 Å². The molecule has 0 radical (unpaired) electrons. The summed E-state index contributed by atoms with van der Waals surface area (Å²) in [5.41, 5.74) is 0. The Morgan fingerprint density at radius 2 is 1.95 bits per heavy atom. The first kappa shape index (κ1) is 14.8. The SMILES string of the molecule is CN1CCC(CCC(=O)N(C)C2CCC(O)CC2)C1. The minimum Gasteiger partial charge on any atom is -0.393 e. The smallest absolute Gasteiger partial charge is 0.222 e. The van der Waals surface area contributed by atoms with Crippen molar-refractivity contribution in [1.82, 2.24) is 9.80 Å². The fraction of sp³-hybridized carbons (Fsp3) is 0.933. The average Bonchev–Trinajstić information content (AvgIpc) is 2.82. The summed E-state index contributed by atoms with van der Waals surface area (Å²) < 4.78 is 0. The van der Waals surface area contributed by atoms with Crippen LogP contribution in [-0.4, -0.2) is 60.1 Å². The summed E-state index contributed by atoms with van der Waals surface area (Å²) in [6, 6.07) is 0.349. The number of nitrogens with zero attached hydrogens (tertiary/aromatic N) is 2. The van der Waals surface area contributed by atoms with Gasteiger partial charge in [-0.05, 0) is 58.0 Å². The lowest BCUT2D eigenvalue weighted by atomic mass is 9.92. The van der Waals surface area contributed by atoms with E-state index in [9.17, 15) is 9.90 Å². The molecule has 2 aliphatic rings. The number of amides is 1. The molecule has 0 spiro atoms. The second-order valence-electron chi connectivity index (χ2n) is 6.42. The number of carbonyl (C=O) groups is 1. The molecule has 1 aliphatic carbocycles. The average molecular weight is 268 g/mol. The van der Waals surface area contributed by atoms with E-state index in [1.165, 1.54) is 13.0 Å². The zero-order valence-electron chi connectivity index (χ0n) is 12.3. The first-order valence-corrected chi connectivity index (χ1v) is 7.68. The first-order chi connectivity index (χ1) is 9.06. The maximum absolute atomic E-state index is 12.2. The minimum absolute atomic E-state index is 0.145. The van der Waals surface area contributed by atoms with Crippen molar-refractivity contribution < 1.29 is 9.90 Å². The monoisotopic (exact) mass is 268 g/mol. The molecule has 1 atom stereocenters. The van der Waals surface area contributed by atoms with Gasteiger partial charge in [-0.15, -0.1) is 0 Å². The van der Waals surface area contributed by atoms with Gasteiger partial charge in [-0.2, -0.15) is 0 Å². The molecule has 0 aromatic heterocycles. The summed E-state index contributed by atoms with van der Waals surface area (Å²) in [7, 11) is 4.09. The number of likely N-dealkylation sites (tertiary alicyclic amines) is 1. The fourth-order valence-electron chi connectivity index (χ4n) is 3.42. The van der Waals surface area contributed by atoms with Crippen molar-refractivity contribution >= 4 is 5.91 Å². The number of hydrogen-bond donors (Lipinski definition) is 1. The molecule has 4 heteroatoms. The molecular weight excluding hydrogens is 240 g/mol. The summed E-state index contributed by atoms with van der Waals surface area (Å²) in [6.45, 7) is 2.32. The highest BCUT2D eigenvalue weighted by Gasteiger charge is 2.26. The van der Waals surface area contributed by atoms with Gasteiger partial charge >= 0.3 is 0 Å². The molecule has 1 heterocycles. The van der Waals surface area contributed by atoms with Crippen LogP contribution in [0.2, 0.25) is 0 Å². The Morgan fingerprint density at radius 3 is 2.53 bits per heavy atom. The van der Waals surface area contributed by atoms with E-state index < -0.39 is 0 Å². The maximum Gasteiger partial charge on any atom is 0.222 e. The van der Waals surface area contributed by atoms with E-state index in [4.69, 9.17) is 0 Å². The van der Waals surface area contributed by atoms with Crippen LogP contribution in [0.3, 0.4) is 0 Å². The van der Waals surface area contributed by atoms with E-state index in [-0.39, 0.29) is 12.0 Å². The Bertz CT molecular complexity index is 301.